The first-order valence-electron chi connectivity index (χ1n) is 4.48. The average molecular weight is 177 g/mol. The number of hydrogen-bond acceptors (Lipinski definition) is 1. The van der Waals surface area contributed by atoms with Crippen molar-refractivity contribution >= 4 is 0 Å². The highest BCUT2D eigenvalue weighted by Gasteiger charge is 2.45. The van der Waals surface area contributed by atoms with Crippen molar-refractivity contribution in [2.24, 2.45) is 5.92 Å². The SMILES string of the molecule is CC(C)C1(F)CCN(C)CC1F. The second-order valence-electron chi connectivity index (χ2n) is 4.06. The molecule has 0 aliphatic carbocycles. The lowest BCUT2D eigenvalue weighted by atomic mass is 9.82. The molecule has 2 unspecified atom stereocenters. The maximum atomic E-state index is 13.9. The number of nitrogens with zero attached hydrogens (tertiary/aromatic N) is 1. The Hall–Kier alpha value is -0.180. The number of halogens is 2. The molecule has 12 heavy (non-hydrogen) atoms. The van der Waals surface area contributed by atoms with Crippen molar-refractivity contribution in [3.05, 3.63) is 0 Å². The summed E-state index contributed by atoms with van der Waals surface area (Å²) in [5.74, 6) is -0.221. The van der Waals surface area contributed by atoms with Crippen LogP contribution in [-0.4, -0.2) is 36.9 Å². The summed E-state index contributed by atoms with van der Waals surface area (Å²) in [4.78, 5) is 1.84. The van der Waals surface area contributed by atoms with Gasteiger partial charge in [0.1, 0.15) is 11.8 Å². The Kier molecular flexibility index (Phi) is 2.71. The molecule has 2 atom stereocenters. The van der Waals surface area contributed by atoms with E-state index in [1.807, 2.05) is 11.9 Å². The maximum Gasteiger partial charge on any atom is 0.147 e. The molecule has 1 nitrogen and oxygen atoms in total. The Morgan fingerprint density at radius 2 is 2.08 bits per heavy atom. The lowest BCUT2D eigenvalue weighted by molar-refractivity contribution is -0.0470. The lowest BCUT2D eigenvalue weighted by Gasteiger charge is -2.40. The van der Waals surface area contributed by atoms with Crippen LogP contribution in [0.3, 0.4) is 0 Å². The molecule has 1 aliphatic rings. The smallest absolute Gasteiger partial charge is 0.147 e. The second kappa shape index (κ2) is 3.29. The predicted octanol–water partition coefficient (Wildman–Crippen LogP) is 2.02. The minimum atomic E-state index is -1.59. The minimum absolute atomic E-state index is 0.221. The zero-order chi connectivity index (χ0) is 9.35. The van der Waals surface area contributed by atoms with Crippen LogP contribution in [0.25, 0.3) is 0 Å². The first kappa shape index (κ1) is 9.90. The van der Waals surface area contributed by atoms with Crippen LogP contribution in [-0.2, 0) is 0 Å². The van der Waals surface area contributed by atoms with E-state index in [1.165, 1.54) is 0 Å². The van der Waals surface area contributed by atoms with Gasteiger partial charge in [-0.1, -0.05) is 13.8 Å². The zero-order valence-corrected chi connectivity index (χ0v) is 7.98. The molecular formula is C9H17F2N. The van der Waals surface area contributed by atoms with Gasteiger partial charge in [0.05, 0.1) is 0 Å². The monoisotopic (exact) mass is 177 g/mol. The van der Waals surface area contributed by atoms with Gasteiger partial charge in [0.15, 0.2) is 0 Å². The predicted molar refractivity (Wildman–Crippen MR) is 45.7 cm³/mol. The minimum Gasteiger partial charge on any atom is -0.303 e. The van der Waals surface area contributed by atoms with Crippen LogP contribution >= 0.6 is 0 Å². The highest BCUT2D eigenvalue weighted by atomic mass is 19.2. The van der Waals surface area contributed by atoms with Crippen molar-refractivity contribution in [3.8, 4) is 0 Å². The molecule has 1 heterocycles. The van der Waals surface area contributed by atoms with Gasteiger partial charge in [0, 0.05) is 13.1 Å². The molecule has 0 N–H and O–H groups in total. The molecule has 1 aliphatic heterocycles. The van der Waals surface area contributed by atoms with E-state index in [2.05, 4.69) is 0 Å². The fourth-order valence-corrected chi connectivity index (χ4v) is 1.69. The van der Waals surface area contributed by atoms with Gasteiger partial charge in [-0.2, -0.15) is 0 Å². The van der Waals surface area contributed by atoms with Crippen molar-refractivity contribution in [2.45, 2.75) is 32.1 Å². The Morgan fingerprint density at radius 1 is 1.50 bits per heavy atom. The summed E-state index contributed by atoms with van der Waals surface area (Å²) in [6, 6.07) is 0. The molecule has 0 saturated carbocycles. The van der Waals surface area contributed by atoms with Gasteiger partial charge in [-0.15, -0.1) is 0 Å². The third kappa shape index (κ3) is 1.60. The fraction of sp³-hybridized carbons (Fsp3) is 1.00. The highest BCUT2D eigenvalue weighted by molar-refractivity contribution is 4.95. The first-order valence-corrected chi connectivity index (χ1v) is 4.48. The Morgan fingerprint density at radius 3 is 2.50 bits per heavy atom. The quantitative estimate of drug-likeness (QED) is 0.592. The van der Waals surface area contributed by atoms with Crippen LogP contribution in [0.4, 0.5) is 8.78 Å². The van der Waals surface area contributed by atoms with E-state index in [0.29, 0.717) is 13.0 Å². The molecule has 0 spiro atoms. The van der Waals surface area contributed by atoms with E-state index in [4.69, 9.17) is 0 Å². The molecule has 72 valence electrons. The normalized spacial score (nSPS) is 39.0. The van der Waals surface area contributed by atoms with Gasteiger partial charge in [-0.05, 0) is 19.4 Å². The van der Waals surface area contributed by atoms with E-state index in [9.17, 15) is 8.78 Å². The Labute approximate surface area is 72.7 Å². The van der Waals surface area contributed by atoms with Gasteiger partial charge < -0.3 is 4.90 Å². The molecule has 1 saturated heterocycles. The van der Waals surface area contributed by atoms with Gasteiger partial charge in [0.2, 0.25) is 0 Å². The summed E-state index contributed by atoms with van der Waals surface area (Å²) in [6.45, 7) is 4.39. The third-order valence-electron chi connectivity index (χ3n) is 2.83. The van der Waals surface area contributed by atoms with Crippen LogP contribution in [0.15, 0.2) is 0 Å². The van der Waals surface area contributed by atoms with E-state index < -0.39 is 11.8 Å². The van der Waals surface area contributed by atoms with Crippen molar-refractivity contribution in [1.82, 2.24) is 4.90 Å². The number of rotatable bonds is 1. The van der Waals surface area contributed by atoms with Gasteiger partial charge in [-0.25, -0.2) is 8.78 Å². The van der Waals surface area contributed by atoms with Crippen LogP contribution in [0.5, 0.6) is 0 Å². The van der Waals surface area contributed by atoms with E-state index in [1.54, 1.807) is 13.8 Å². The fourth-order valence-electron chi connectivity index (χ4n) is 1.69. The van der Waals surface area contributed by atoms with Crippen molar-refractivity contribution in [1.29, 1.82) is 0 Å². The topological polar surface area (TPSA) is 3.24 Å². The van der Waals surface area contributed by atoms with Gasteiger partial charge >= 0.3 is 0 Å². The molecule has 3 heteroatoms. The zero-order valence-electron chi connectivity index (χ0n) is 7.98. The molecular weight excluding hydrogens is 160 g/mol. The average Bonchev–Trinajstić information content (AvgIpc) is 1.97. The molecule has 0 amide bonds. The van der Waals surface area contributed by atoms with E-state index in [-0.39, 0.29) is 12.5 Å². The van der Waals surface area contributed by atoms with Crippen molar-refractivity contribution in [3.63, 3.8) is 0 Å². The largest absolute Gasteiger partial charge is 0.303 e. The van der Waals surface area contributed by atoms with Crippen LogP contribution in [0, 0.1) is 5.92 Å². The first-order chi connectivity index (χ1) is 5.47. The Balaban J connectivity index is 2.66. The molecule has 0 aromatic carbocycles. The molecule has 1 rings (SSSR count). The number of alkyl halides is 2. The summed E-state index contributed by atoms with van der Waals surface area (Å²) in [5.41, 5.74) is -1.59. The van der Waals surface area contributed by atoms with Crippen LogP contribution < -0.4 is 0 Å². The molecule has 0 aromatic heterocycles. The molecule has 0 bridgehead atoms. The maximum absolute atomic E-state index is 13.9. The number of likely N-dealkylation sites (tertiary alicyclic amines) is 1. The summed E-state index contributed by atoms with van der Waals surface area (Å²) in [7, 11) is 1.83. The lowest BCUT2D eigenvalue weighted by Crippen LogP contribution is -2.52. The summed E-state index contributed by atoms with van der Waals surface area (Å²) in [6.07, 6.45) is -1.00. The van der Waals surface area contributed by atoms with Crippen LogP contribution in [0.1, 0.15) is 20.3 Å². The number of hydrogen-bond donors (Lipinski definition) is 0. The van der Waals surface area contributed by atoms with Crippen molar-refractivity contribution in [2.75, 3.05) is 20.1 Å². The standard InChI is InChI=1S/C9H17F2N/c1-7(2)9(11)4-5-12(3)6-8(9)10/h7-8H,4-6H2,1-3H3. The molecule has 0 aromatic rings. The second-order valence-corrected chi connectivity index (χ2v) is 4.06. The molecule has 1 fully saturated rings. The molecule has 0 radical (unpaired) electrons. The summed E-state index contributed by atoms with van der Waals surface area (Å²) < 4.78 is 27.2. The van der Waals surface area contributed by atoms with Crippen molar-refractivity contribution < 1.29 is 8.78 Å². The van der Waals surface area contributed by atoms with E-state index >= 15 is 0 Å². The summed E-state index contributed by atoms with van der Waals surface area (Å²) in [5, 5.41) is 0. The summed E-state index contributed by atoms with van der Waals surface area (Å²) >= 11 is 0. The van der Waals surface area contributed by atoms with Crippen LogP contribution in [0.2, 0.25) is 0 Å². The van der Waals surface area contributed by atoms with Gasteiger partial charge in [-0.3, -0.25) is 0 Å². The Bertz CT molecular complexity index is 161. The number of piperidine rings is 1. The highest BCUT2D eigenvalue weighted by Crippen LogP contribution is 2.35. The third-order valence-corrected chi connectivity index (χ3v) is 2.83. The van der Waals surface area contributed by atoms with E-state index in [0.717, 1.165) is 0 Å². The van der Waals surface area contributed by atoms with Gasteiger partial charge in [0.25, 0.3) is 0 Å².